The van der Waals surface area contributed by atoms with Crippen LogP contribution in [0.5, 0.6) is 0 Å². The molecule has 1 heterocycles. The van der Waals surface area contributed by atoms with E-state index in [1.165, 1.54) is 13.4 Å². The molecule has 1 aromatic heterocycles. The summed E-state index contributed by atoms with van der Waals surface area (Å²) in [5, 5.41) is 6.11. The fraction of sp³-hybridized carbons (Fsp3) is 0.545. The van der Waals surface area contributed by atoms with Crippen LogP contribution >= 0.6 is 0 Å². The molecule has 94 valence electrons. The third-order valence-corrected chi connectivity index (χ3v) is 2.27. The van der Waals surface area contributed by atoms with Crippen LogP contribution in [0.1, 0.15) is 19.4 Å². The molecular weight excluding hydrogens is 220 g/mol. The quantitative estimate of drug-likeness (QED) is 0.722. The number of anilines is 2. The van der Waals surface area contributed by atoms with Crippen LogP contribution < -0.4 is 10.6 Å². The van der Waals surface area contributed by atoms with Crippen molar-refractivity contribution in [1.29, 1.82) is 0 Å². The number of ether oxygens (including phenoxy) is 1. The average Bonchev–Trinajstić information content (AvgIpc) is 2.36. The van der Waals surface area contributed by atoms with Gasteiger partial charge in [0.05, 0.1) is 7.11 Å². The van der Waals surface area contributed by atoms with Crippen LogP contribution in [-0.2, 0) is 16.0 Å². The molecule has 0 fully saturated rings. The van der Waals surface area contributed by atoms with E-state index in [1.807, 2.05) is 13.8 Å². The normalized spacial score (nSPS) is 9.82. The maximum Gasteiger partial charge on any atom is 0.325 e. The van der Waals surface area contributed by atoms with Crippen molar-refractivity contribution in [3.63, 3.8) is 0 Å². The number of hydrogen-bond donors (Lipinski definition) is 2. The molecule has 2 N–H and O–H groups in total. The van der Waals surface area contributed by atoms with Crippen LogP contribution in [0.4, 0.5) is 11.6 Å². The minimum atomic E-state index is -0.323. The molecule has 0 saturated heterocycles. The van der Waals surface area contributed by atoms with Gasteiger partial charge in [0.15, 0.2) is 0 Å². The monoisotopic (exact) mass is 238 g/mol. The predicted octanol–water partition coefficient (Wildman–Crippen LogP) is 1.06. The second-order valence-electron chi connectivity index (χ2n) is 3.36. The zero-order chi connectivity index (χ0) is 12.7. The summed E-state index contributed by atoms with van der Waals surface area (Å²) in [6.07, 6.45) is 2.25. The number of carbonyl (C=O) groups excluding carboxylic acids is 1. The van der Waals surface area contributed by atoms with Gasteiger partial charge < -0.3 is 15.4 Å². The highest BCUT2D eigenvalue weighted by atomic mass is 16.5. The van der Waals surface area contributed by atoms with E-state index in [1.54, 1.807) is 0 Å². The van der Waals surface area contributed by atoms with Gasteiger partial charge in [-0.2, -0.15) is 0 Å². The first-order valence-corrected chi connectivity index (χ1v) is 5.61. The molecule has 0 unspecified atom stereocenters. The lowest BCUT2D eigenvalue weighted by Crippen LogP contribution is -2.17. The maximum absolute atomic E-state index is 11.1. The molecule has 6 nitrogen and oxygen atoms in total. The van der Waals surface area contributed by atoms with Gasteiger partial charge in [-0.05, 0) is 13.3 Å². The number of nitrogens with zero attached hydrogens (tertiary/aromatic N) is 2. The summed E-state index contributed by atoms with van der Waals surface area (Å²) in [5.74, 6) is 1.15. The van der Waals surface area contributed by atoms with Crippen LogP contribution in [0.25, 0.3) is 0 Å². The van der Waals surface area contributed by atoms with Crippen LogP contribution in [0, 0.1) is 0 Å². The molecule has 0 aliphatic rings. The van der Waals surface area contributed by atoms with Gasteiger partial charge >= 0.3 is 5.97 Å². The molecule has 0 amide bonds. The molecular formula is C11H18N4O2. The predicted molar refractivity (Wildman–Crippen MR) is 66.1 cm³/mol. The largest absolute Gasteiger partial charge is 0.468 e. The number of methoxy groups -OCH3 is 1. The topological polar surface area (TPSA) is 76.1 Å². The zero-order valence-corrected chi connectivity index (χ0v) is 10.4. The van der Waals surface area contributed by atoms with Gasteiger partial charge in [-0.1, -0.05) is 6.92 Å². The Kier molecular flexibility index (Phi) is 5.19. The number of nitrogens with one attached hydrogen (secondary N) is 2. The number of rotatable bonds is 6. The highest BCUT2D eigenvalue weighted by molar-refractivity contribution is 5.75. The van der Waals surface area contributed by atoms with Crippen LogP contribution in [0.3, 0.4) is 0 Å². The SMILES string of the molecule is CCNc1ncnc(NCC(=O)OC)c1CC. The van der Waals surface area contributed by atoms with Gasteiger partial charge in [-0.25, -0.2) is 9.97 Å². The van der Waals surface area contributed by atoms with Crippen molar-refractivity contribution in [2.75, 3.05) is 30.8 Å². The molecule has 0 aromatic carbocycles. The molecule has 0 radical (unpaired) electrons. The Morgan fingerprint density at radius 1 is 1.29 bits per heavy atom. The Balaban J connectivity index is 2.83. The Labute approximate surface area is 101 Å². The lowest BCUT2D eigenvalue weighted by Gasteiger charge is -2.12. The fourth-order valence-corrected chi connectivity index (χ4v) is 1.45. The minimum Gasteiger partial charge on any atom is -0.468 e. The van der Waals surface area contributed by atoms with Crippen molar-refractivity contribution >= 4 is 17.6 Å². The van der Waals surface area contributed by atoms with Gasteiger partial charge in [0.25, 0.3) is 0 Å². The van der Waals surface area contributed by atoms with E-state index >= 15 is 0 Å². The second kappa shape index (κ2) is 6.67. The smallest absolute Gasteiger partial charge is 0.325 e. The van der Waals surface area contributed by atoms with Crippen molar-refractivity contribution in [2.45, 2.75) is 20.3 Å². The first-order chi connectivity index (χ1) is 8.22. The molecule has 0 saturated carbocycles. The van der Waals surface area contributed by atoms with Crippen LogP contribution in [0.15, 0.2) is 6.33 Å². The maximum atomic E-state index is 11.1. The summed E-state index contributed by atoms with van der Waals surface area (Å²) in [6.45, 7) is 4.92. The Bertz CT molecular complexity index is 382. The van der Waals surface area contributed by atoms with E-state index in [4.69, 9.17) is 0 Å². The van der Waals surface area contributed by atoms with Gasteiger partial charge in [0, 0.05) is 12.1 Å². The lowest BCUT2D eigenvalue weighted by molar-refractivity contribution is -0.138. The summed E-state index contributed by atoms with van der Waals surface area (Å²) in [7, 11) is 1.36. The minimum absolute atomic E-state index is 0.103. The summed E-state index contributed by atoms with van der Waals surface area (Å²) in [5.41, 5.74) is 0.971. The highest BCUT2D eigenvalue weighted by Gasteiger charge is 2.10. The highest BCUT2D eigenvalue weighted by Crippen LogP contribution is 2.19. The zero-order valence-electron chi connectivity index (χ0n) is 10.4. The second-order valence-corrected chi connectivity index (χ2v) is 3.36. The summed E-state index contributed by atoms with van der Waals surface area (Å²) in [6, 6.07) is 0. The molecule has 0 spiro atoms. The third-order valence-electron chi connectivity index (χ3n) is 2.27. The van der Waals surface area contributed by atoms with Crippen LogP contribution in [-0.4, -0.2) is 36.1 Å². The van der Waals surface area contributed by atoms with Gasteiger partial charge in [-0.3, -0.25) is 4.79 Å². The number of aromatic nitrogens is 2. The van der Waals surface area contributed by atoms with Crippen molar-refractivity contribution in [3.05, 3.63) is 11.9 Å². The number of carbonyl (C=O) groups is 1. The molecule has 1 aromatic rings. The van der Waals surface area contributed by atoms with Gasteiger partial charge in [0.2, 0.25) is 0 Å². The molecule has 1 rings (SSSR count). The summed E-state index contributed by atoms with van der Waals surface area (Å²) >= 11 is 0. The molecule has 0 atom stereocenters. The first kappa shape index (κ1) is 13.2. The molecule has 0 aliphatic heterocycles. The van der Waals surface area contributed by atoms with E-state index in [9.17, 15) is 4.79 Å². The van der Waals surface area contributed by atoms with Crippen molar-refractivity contribution < 1.29 is 9.53 Å². The standard InChI is InChI=1S/C11H18N4O2/c1-4-8-10(12-5-2)14-7-15-11(8)13-6-9(16)17-3/h7H,4-6H2,1-3H3,(H2,12,13,14,15). The lowest BCUT2D eigenvalue weighted by atomic mass is 10.2. The third kappa shape index (κ3) is 3.58. The van der Waals surface area contributed by atoms with Gasteiger partial charge in [-0.15, -0.1) is 0 Å². The van der Waals surface area contributed by atoms with Crippen molar-refractivity contribution in [2.24, 2.45) is 0 Å². The Hall–Kier alpha value is -1.85. The Morgan fingerprint density at radius 3 is 2.47 bits per heavy atom. The molecule has 0 aliphatic carbocycles. The number of esters is 1. The van der Waals surface area contributed by atoms with E-state index in [0.29, 0.717) is 5.82 Å². The average molecular weight is 238 g/mol. The first-order valence-electron chi connectivity index (χ1n) is 5.61. The van der Waals surface area contributed by atoms with Gasteiger partial charge in [0.1, 0.15) is 24.5 Å². The van der Waals surface area contributed by atoms with Crippen molar-refractivity contribution in [1.82, 2.24) is 9.97 Å². The van der Waals surface area contributed by atoms with E-state index < -0.39 is 0 Å². The molecule has 6 heteroatoms. The van der Waals surface area contributed by atoms with Crippen molar-refractivity contribution in [3.8, 4) is 0 Å². The van der Waals surface area contributed by atoms with E-state index in [2.05, 4.69) is 25.3 Å². The molecule has 17 heavy (non-hydrogen) atoms. The summed E-state index contributed by atoms with van der Waals surface area (Å²) < 4.78 is 4.56. The Morgan fingerprint density at radius 2 is 1.94 bits per heavy atom. The summed E-state index contributed by atoms with van der Waals surface area (Å²) in [4.78, 5) is 19.3. The molecule has 0 bridgehead atoms. The number of hydrogen-bond acceptors (Lipinski definition) is 6. The fourth-order valence-electron chi connectivity index (χ4n) is 1.45. The van der Waals surface area contributed by atoms with E-state index in [0.717, 1.165) is 24.3 Å². The van der Waals surface area contributed by atoms with E-state index in [-0.39, 0.29) is 12.5 Å². The van der Waals surface area contributed by atoms with Crippen LogP contribution in [0.2, 0.25) is 0 Å².